The molecule has 0 spiro atoms. The highest BCUT2D eigenvalue weighted by Gasteiger charge is 2.37. The fourth-order valence-corrected chi connectivity index (χ4v) is 3.88. The predicted octanol–water partition coefficient (Wildman–Crippen LogP) is 1.89. The molecule has 3 nitrogen and oxygen atoms in total. The average molecular weight is 237 g/mol. The fourth-order valence-electron chi connectivity index (χ4n) is 3.17. The van der Waals surface area contributed by atoms with E-state index in [1.807, 2.05) is 6.20 Å². The van der Waals surface area contributed by atoms with Crippen LogP contribution in [0.1, 0.15) is 30.8 Å². The van der Waals surface area contributed by atoms with E-state index in [1.54, 1.807) is 11.3 Å². The zero-order valence-corrected chi connectivity index (χ0v) is 10.5. The van der Waals surface area contributed by atoms with Crippen LogP contribution in [0.5, 0.6) is 0 Å². The van der Waals surface area contributed by atoms with E-state index < -0.39 is 0 Å². The third-order valence-corrected chi connectivity index (χ3v) is 4.97. The molecule has 2 fully saturated rings. The summed E-state index contributed by atoms with van der Waals surface area (Å²) < 4.78 is 0. The molecule has 1 aromatic heterocycles. The monoisotopic (exact) mass is 237 g/mol. The lowest BCUT2D eigenvalue weighted by Crippen LogP contribution is -2.46. The second kappa shape index (κ2) is 4.43. The summed E-state index contributed by atoms with van der Waals surface area (Å²) in [5.74, 6) is 0.871. The largest absolute Gasteiger partial charge is 0.315 e. The summed E-state index contributed by atoms with van der Waals surface area (Å²) in [5.41, 5.74) is 0. The Morgan fingerprint density at radius 2 is 2.50 bits per heavy atom. The number of piperidine rings is 1. The molecule has 3 rings (SSSR count). The molecule has 1 N–H and O–H groups in total. The van der Waals surface area contributed by atoms with Crippen molar-refractivity contribution in [2.45, 2.75) is 31.8 Å². The lowest BCUT2D eigenvalue weighted by molar-refractivity contribution is 0.0846. The third-order valence-electron chi connectivity index (χ3n) is 4.03. The molecule has 0 saturated carbocycles. The van der Waals surface area contributed by atoms with Gasteiger partial charge in [0.1, 0.15) is 5.01 Å². The molecule has 3 heterocycles. The Bertz CT molecular complexity index is 338. The topological polar surface area (TPSA) is 28.2 Å². The number of hydrogen-bond acceptors (Lipinski definition) is 4. The van der Waals surface area contributed by atoms with Gasteiger partial charge in [-0.2, -0.15) is 0 Å². The molecular formula is C12H19N3S. The van der Waals surface area contributed by atoms with Crippen molar-refractivity contribution < 1.29 is 0 Å². The highest BCUT2D eigenvalue weighted by atomic mass is 32.1. The highest BCUT2D eigenvalue weighted by Crippen LogP contribution is 2.33. The molecule has 1 aromatic rings. The molecule has 2 aliphatic heterocycles. The van der Waals surface area contributed by atoms with Crippen LogP contribution in [0.4, 0.5) is 0 Å². The van der Waals surface area contributed by atoms with Crippen LogP contribution in [-0.4, -0.2) is 35.6 Å². The molecular weight excluding hydrogens is 218 g/mol. The van der Waals surface area contributed by atoms with Gasteiger partial charge in [-0.05, 0) is 38.8 Å². The van der Waals surface area contributed by atoms with E-state index in [4.69, 9.17) is 0 Å². The van der Waals surface area contributed by atoms with Crippen molar-refractivity contribution in [3.8, 4) is 0 Å². The van der Waals surface area contributed by atoms with Crippen molar-refractivity contribution in [1.29, 1.82) is 0 Å². The van der Waals surface area contributed by atoms with Crippen molar-refractivity contribution in [2.75, 3.05) is 19.6 Å². The Labute approximate surface area is 101 Å². The summed E-state index contributed by atoms with van der Waals surface area (Å²) in [6.07, 6.45) is 4.67. The molecule has 0 amide bonds. The van der Waals surface area contributed by atoms with Gasteiger partial charge in [-0.1, -0.05) is 0 Å². The maximum Gasteiger partial charge on any atom is 0.109 e. The van der Waals surface area contributed by atoms with Crippen molar-refractivity contribution >= 4 is 11.3 Å². The molecule has 2 aliphatic rings. The molecule has 4 heteroatoms. The minimum Gasteiger partial charge on any atom is -0.315 e. The normalized spacial score (nSPS) is 32.6. The van der Waals surface area contributed by atoms with Gasteiger partial charge in [0.25, 0.3) is 0 Å². The second-order valence-corrected chi connectivity index (χ2v) is 5.84. The van der Waals surface area contributed by atoms with Gasteiger partial charge >= 0.3 is 0 Å². The molecule has 0 aliphatic carbocycles. The molecule has 16 heavy (non-hydrogen) atoms. The maximum absolute atomic E-state index is 4.46. The van der Waals surface area contributed by atoms with Crippen LogP contribution in [0, 0.1) is 5.92 Å². The summed E-state index contributed by atoms with van der Waals surface area (Å²) in [7, 11) is 0. The smallest absolute Gasteiger partial charge is 0.109 e. The van der Waals surface area contributed by atoms with Gasteiger partial charge in [-0.25, -0.2) is 4.98 Å². The van der Waals surface area contributed by atoms with Gasteiger partial charge in [0.2, 0.25) is 0 Å². The summed E-state index contributed by atoms with van der Waals surface area (Å²) in [6, 6.07) is 1.24. The van der Waals surface area contributed by atoms with Crippen LogP contribution in [0.2, 0.25) is 0 Å². The molecule has 3 atom stereocenters. The molecule has 3 unspecified atom stereocenters. The third kappa shape index (κ3) is 1.79. The van der Waals surface area contributed by atoms with E-state index >= 15 is 0 Å². The van der Waals surface area contributed by atoms with Crippen molar-refractivity contribution in [3.05, 3.63) is 16.6 Å². The Hall–Kier alpha value is -0.450. The van der Waals surface area contributed by atoms with Crippen LogP contribution in [0.25, 0.3) is 0 Å². The zero-order valence-electron chi connectivity index (χ0n) is 9.72. The van der Waals surface area contributed by atoms with Gasteiger partial charge in [0, 0.05) is 24.2 Å². The summed E-state index contributed by atoms with van der Waals surface area (Å²) in [5, 5.41) is 6.89. The molecule has 0 radical (unpaired) electrons. The van der Waals surface area contributed by atoms with Gasteiger partial charge in [-0.3, -0.25) is 4.90 Å². The average Bonchev–Trinajstić information content (AvgIpc) is 2.98. The molecule has 2 saturated heterocycles. The number of nitrogens with one attached hydrogen (secondary N) is 1. The van der Waals surface area contributed by atoms with Crippen molar-refractivity contribution in [3.63, 3.8) is 0 Å². The fraction of sp³-hybridized carbons (Fsp3) is 0.750. The second-order valence-electron chi connectivity index (χ2n) is 4.91. The predicted molar refractivity (Wildman–Crippen MR) is 66.6 cm³/mol. The van der Waals surface area contributed by atoms with E-state index in [2.05, 4.69) is 27.5 Å². The number of rotatable bonds is 2. The first-order chi connectivity index (χ1) is 7.86. The van der Waals surface area contributed by atoms with E-state index in [9.17, 15) is 0 Å². The molecule has 88 valence electrons. The summed E-state index contributed by atoms with van der Waals surface area (Å²) in [4.78, 5) is 7.12. The van der Waals surface area contributed by atoms with Gasteiger partial charge in [-0.15, -0.1) is 11.3 Å². The van der Waals surface area contributed by atoms with E-state index in [0.717, 1.165) is 12.0 Å². The Kier molecular flexibility index (Phi) is 2.96. The number of thiazole rings is 1. The number of aromatic nitrogens is 1. The van der Waals surface area contributed by atoms with E-state index in [-0.39, 0.29) is 0 Å². The minimum absolute atomic E-state index is 0.493. The minimum atomic E-state index is 0.493. The molecule has 0 aromatic carbocycles. The van der Waals surface area contributed by atoms with Crippen LogP contribution in [0.3, 0.4) is 0 Å². The number of hydrogen-bond donors (Lipinski definition) is 1. The summed E-state index contributed by atoms with van der Waals surface area (Å²) in [6.45, 7) is 5.93. The molecule has 0 bridgehead atoms. The van der Waals surface area contributed by atoms with E-state index in [0.29, 0.717) is 6.04 Å². The van der Waals surface area contributed by atoms with E-state index in [1.165, 1.54) is 37.5 Å². The van der Waals surface area contributed by atoms with Gasteiger partial charge in [0.15, 0.2) is 0 Å². The van der Waals surface area contributed by atoms with Crippen LogP contribution < -0.4 is 5.32 Å². The Morgan fingerprint density at radius 1 is 1.56 bits per heavy atom. The lowest BCUT2D eigenvalue weighted by Gasteiger charge is -2.40. The summed E-state index contributed by atoms with van der Waals surface area (Å²) >= 11 is 1.79. The lowest BCUT2D eigenvalue weighted by atomic mass is 9.91. The number of nitrogens with zero attached hydrogens (tertiary/aromatic N) is 2. The van der Waals surface area contributed by atoms with Crippen LogP contribution in [-0.2, 0) is 0 Å². The van der Waals surface area contributed by atoms with Gasteiger partial charge in [0.05, 0.1) is 6.04 Å². The van der Waals surface area contributed by atoms with Gasteiger partial charge < -0.3 is 5.32 Å². The van der Waals surface area contributed by atoms with Crippen LogP contribution >= 0.6 is 11.3 Å². The maximum atomic E-state index is 4.46. The zero-order chi connectivity index (χ0) is 11.0. The number of fused-ring (bicyclic) bond motifs is 1. The van der Waals surface area contributed by atoms with Crippen LogP contribution in [0.15, 0.2) is 11.6 Å². The first-order valence-electron chi connectivity index (χ1n) is 6.22. The first kappa shape index (κ1) is 10.7. The van der Waals surface area contributed by atoms with Crippen molar-refractivity contribution in [1.82, 2.24) is 15.2 Å². The standard InChI is InChI=1S/C12H19N3S/c1-9(12-14-4-6-16-12)15-5-2-3-10-7-13-8-11(10)15/h4,6,9-11,13H,2-3,5,7-8H2,1H3. The SMILES string of the molecule is CC(c1nccs1)N1CCCC2CNCC21. The highest BCUT2D eigenvalue weighted by molar-refractivity contribution is 7.09. The Balaban J connectivity index is 1.78. The Morgan fingerprint density at radius 3 is 3.31 bits per heavy atom. The first-order valence-corrected chi connectivity index (χ1v) is 7.10. The quantitative estimate of drug-likeness (QED) is 0.851. The van der Waals surface area contributed by atoms with Crippen molar-refractivity contribution in [2.24, 2.45) is 5.92 Å². The number of likely N-dealkylation sites (tertiary alicyclic amines) is 1.